The van der Waals surface area contributed by atoms with Gasteiger partial charge in [-0.2, -0.15) is 0 Å². The van der Waals surface area contributed by atoms with Crippen molar-refractivity contribution in [3.63, 3.8) is 0 Å². The predicted molar refractivity (Wildman–Crippen MR) is 270 cm³/mol. The summed E-state index contributed by atoms with van der Waals surface area (Å²) in [5, 5.41) is 5.09. The van der Waals surface area contributed by atoms with Crippen LogP contribution in [0.25, 0.3) is 92.2 Å². The van der Waals surface area contributed by atoms with E-state index < -0.39 is 0 Å². The molecule has 2 heterocycles. The minimum absolute atomic E-state index is 1.09. The Bertz CT molecular complexity index is 3620. The largest absolute Gasteiger partial charge is 0.310 e. The molecule has 0 bridgehead atoms. The van der Waals surface area contributed by atoms with Crippen molar-refractivity contribution in [3.05, 3.63) is 243 Å². The van der Waals surface area contributed by atoms with Crippen molar-refractivity contribution in [2.75, 3.05) is 4.90 Å². The summed E-state index contributed by atoms with van der Waals surface area (Å²) in [5.74, 6) is 0. The van der Waals surface area contributed by atoms with E-state index in [4.69, 9.17) is 0 Å². The summed E-state index contributed by atoms with van der Waals surface area (Å²) in [6, 6.07) is 88.4. The SMILES string of the molecule is c1ccc(-c2ccccc2-c2ccccc2-c2ccccc2N(c2ccc(-c3cccc4c3c3ccccc3n4-c3ccccc3)cc2)c2ccc3c(c2)sc2ccccc23)cc1. The molecule has 0 spiro atoms. The van der Waals surface area contributed by atoms with Gasteiger partial charge in [0.2, 0.25) is 0 Å². The molecule has 0 aliphatic carbocycles. The van der Waals surface area contributed by atoms with Crippen molar-refractivity contribution < 1.29 is 0 Å². The van der Waals surface area contributed by atoms with Crippen LogP contribution in [0.3, 0.4) is 0 Å². The van der Waals surface area contributed by atoms with E-state index in [0.29, 0.717) is 0 Å². The van der Waals surface area contributed by atoms with Crippen LogP contribution in [-0.4, -0.2) is 4.57 Å². The number of para-hydroxylation sites is 3. The molecule has 3 heteroatoms. The molecule has 2 nitrogen and oxygen atoms in total. The normalized spacial score (nSPS) is 11.5. The first-order valence-corrected chi connectivity index (χ1v) is 22.3. The Hall–Kier alpha value is -7.98. The van der Waals surface area contributed by atoms with Gasteiger partial charge in [0, 0.05) is 53.6 Å². The van der Waals surface area contributed by atoms with Gasteiger partial charge in [0.25, 0.3) is 0 Å². The van der Waals surface area contributed by atoms with E-state index in [1.165, 1.54) is 80.9 Å². The number of hydrogen-bond acceptors (Lipinski definition) is 2. The average molecular weight is 821 g/mol. The molecule has 0 unspecified atom stereocenters. The lowest BCUT2D eigenvalue weighted by Gasteiger charge is -2.29. The zero-order chi connectivity index (χ0) is 41.7. The zero-order valence-corrected chi connectivity index (χ0v) is 35.2. The van der Waals surface area contributed by atoms with Crippen molar-refractivity contribution in [3.8, 4) is 50.2 Å². The molecular formula is C60H40N2S. The number of hydrogen-bond donors (Lipinski definition) is 0. The van der Waals surface area contributed by atoms with Crippen LogP contribution >= 0.6 is 11.3 Å². The van der Waals surface area contributed by atoms with Gasteiger partial charge in [-0.05, 0) is 99.6 Å². The van der Waals surface area contributed by atoms with Crippen LogP contribution in [0.15, 0.2) is 243 Å². The fourth-order valence-corrected chi connectivity index (χ4v) is 10.8. The lowest BCUT2D eigenvalue weighted by Crippen LogP contribution is -2.11. The second kappa shape index (κ2) is 15.5. The maximum Gasteiger partial charge on any atom is 0.0547 e. The van der Waals surface area contributed by atoms with E-state index >= 15 is 0 Å². The maximum atomic E-state index is 2.45. The monoisotopic (exact) mass is 820 g/mol. The van der Waals surface area contributed by atoms with E-state index in [2.05, 4.69) is 252 Å². The lowest BCUT2D eigenvalue weighted by molar-refractivity contribution is 1.18. The van der Waals surface area contributed by atoms with Crippen LogP contribution in [0.5, 0.6) is 0 Å². The smallest absolute Gasteiger partial charge is 0.0547 e. The standard InChI is InChI=1S/C60H40N2S/c1-3-18-41(19-4-1)46-22-7-8-23-48(46)49-24-9-10-25-50(49)51-26-11-14-30-55(51)61(45-38-39-53-52-27-13-16-33-58(52)63-59(53)40-45)44-36-34-42(35-37-44)47-29-17-32-57-60(47)54-28-12-15-31-56(54)62(57)43-20-5-2-6-21-43/h1-40H. The van der Waals surface area contributed by atoms with Gasteiger partial charge in [-0.15, -0.1) is 11.3 Å². The molecule has 0 aliphatic heterocycles. The highest BCUT2D eigenvalue weighted by molar-refractivity contribution is 7.25. The van der Waals surface area contributed by atoms with Crippen LogP contribution in [0, 0.1) is 0 Å². The van der Waals surface area contributed by atoms with Crippen LogP contribution in [0.2, 0.25) is 0 Å². The van der Waals surface area contributed by atoms with E-state index in [9.17, 15) is 0 Å². The molecule has 2 aromatic heterocycles. The van der Waals surface area contributed by atoms with Gasteiger partial charge in [-0.1, -0.05) is 182 Å². The molecule has 296 valence electrons. The van der Waals surface area contributed by atoms with Gasteiger partial charge >= 0.3 is 0 Å². The Morgan fingerprint density at radius 2 is 0.841 bits per heavy atom. The fourth-order valence-electron chi connectivity index (χ4n) is 9.62. The highest BCUT2D eigenvalue weighted by Gasteiger charge is 2.22. The van der Waals surface area contributed by atoms with Gasteiger partial charge in [-0.25, -0.2) is 0 Å². The molecule has 63 heavy (non-hydrogen) atoms. The quantitative estimate of drug-likeness (QED) is 0.148. The summed E-state index contributed by atoms with van der Waals surface area (Å²) in [5.41, 5.74) is 16.4. The van der Waals surface area contributed by atoms with Crippen LogP contribution in [0.1, 0.15) is 0 Å². The molecule has 12 aromatic rings. The molecule has 0 fully saturated rings. The number of anilines is 3. The van der Waals surface area contributed by atoms with Crippen molar-refractivity contribution in [2.24, 2.45) is 0 Å². The number of nitrogens with zero attached hydrogens (tertiary/aromatic N) is 2. The van der Waals surface area contributed by atoms with E-state index in [0.717, 1.165) is 28.3 Å². The number of thiophene rings is 1. The van der Waals surface area contributed by atoms with Crippen molar-refractivity contribution in [2.45, 2.75) is 0 Å². The minimum atomic E-state index is 1.09. The Balaban J connectivity index is 1.04. The first-order chi connectivity index (χ1) is 31.3. The van der Waals surface area contributed by atoms with Crippen LogP contribution < -0.4 is 4.90 Å². The molecule has 0 N–H and O–H groups in total. The number of benzene rings is 10. The molecule has 0 amide bonds. The van der Waals surface area contributed by atoms with E-state index in [-0.39, 0.29) is 0 Å². The number of aromatic nitrogens is 1. The Morgan fingerprint density at radius 3 is 1.62 bits per heavy atom. The van der Waals surface area contributed by atoms with Crippen molar-refractivity contribution in [1.29, 1.82) is 0 Å². The van der Waals surface area contributed by atoms with E-state index in [1.54, 1.807) is 0 Å². The minimum Gasteiger partial charge on any atom is -0.310 e. The molecule has 0 saturated carbocycles. The number of fused-ring (bicyclic) bond motifs is 6. The molecule has 0 saturated heterocycles. The first kappa shape index (κ1) is 36.8. The van der Waals surface area contributed by atoms with Gasteiger partial charge in [0.15, 0.2) is 0 Å². The zero-order valence-electron chi connectivity index (χ0n) is 34.4. The summed E-state index contributed by atoms with van der Waals surface area (Å²) >= 11 is 1.86. The summed E-state index contributed by atoms with van der Waals surface area (Å²) in [4.78, 5) is 2.45. The van der Waals surface area contributed by atoms with Gasteiger partial charge in [0.05, 0.1) is 16.7 Å². The van der Waals surface area contributed by atoms with Crippen LogP contribution in [0.4, 0.5) is 17.1 Å². The molecular weight excluding hydrogens is 781 g/mol. The van der Waals surface area contributed by atoms with E-state index in [1.807, 2.05) is 11.3 Å². The predicted octanol–water partition coefficient (Wildman–Crippen LogP) is 17.3. The molecule has 0 atom stereocenters. The molecule has 0 aliphatic rings. The second-order valence-corrected chi connectivity index (χ2v) is 17.1. The highest BCUT2D eigenvalue weighted by Crippen LogP contribution is 2.47. The molecule has 12 rings (SSSR count). The highest BCUT2D eigenvalue weighted by atomic mass is 32.1. The third kappa shape index (κ3) is 6.33. The van der Waals surface area contributed by atoms with Gasteiger partial charge in [-0.3, -0.25) is 0 Å². The van der Waals surface area contributed by atoms with Gasteiger partial charge in [0.1, 0.15) is 0 Å². The van der Waals surface area contributed by atoms with Gasteiger partial charge < -0.3 is 9.47 Å². The van der Waals surface area contributed by atoms with Crippen LogP contribution in [-0.2, 0) is 0 Å². The maximum absolute atomic E-state index is 2.45. The fraction of sp³-hybridized carbons (Fsp3) is 0. The topological polar surface area (TPSA) is 8.17 Å². The molecule has 10 aromatic carbocycles. The number of rotatable bonds is 8. The first-order valence-electron chi connectivity index (χ1n) is 21.5. The molecule has 0 radical (unpaired) electrons. The third-order valence-electron chi connectivity index (χ3n) is 12.4. The third-order valence-corrected chi connectivity index (χ3v) is 13.6. The summed E-state index contributed by atoms with van der Waals surface area (Å²) < 4.78 is 4.96. The van der Waals surface area contributed by atoms with Crippen molar-refractivity contribution >= 4 is 70.4 Å². The Labute approximate surface area is 370 Å². The van der Waals surface area contributed by atoms with Crippen molar-refractivity contribution in [1.82, 2.24) is 4.57 Å². The second-order valence-electron chi connectivity index (χ2n) is 16.0. The summed E-state index contributed by atoms with van der Waals surface area (Å²) in [7, 11) is 0. The Kier molecular flexibility index (Phi) is 9.06. The Morgan fingerprint density at radius 1 is 0.317 bits per heavy atom. The average Bonchev–Trinajstić information content (AvgIpc) is 3.91. The summed E-state index contributed by atoms with van der Waals surface area (Å²) in [6.45, 7) is 0. The summed E-state index contributed by atoms with van der Waals surface area (Å²) in [6.07, 6.45) is 0. The lowest BCUT2D eigenvalue weighted by atomic mass is 9.88.